The van der Waals surface area contributed by atoms with Crippen molar-refractivity contribution in [1.82, 2.24) is 9.55 Å². The monoisotopic (exact) mass is 332 g/mol. The molecule has 2 heterocycles. The van der Waals surface area contributed by atoms with Gasteiger partial charge in [-0.15, -0.1) is 11.3 Å². The molecule has 0 aliphatic rings. The first-order valence-corrected chi connectivity index (χ1v) is 7.75. The molecule has 2 aromatic heterocycles. The summed E-state index contributed by atoms with van der Waals surface area (Å²) in [4.78, 5) is 27.6. The molecule has 0 spiro atoms. The van der Waals surface area contributed by atoms with Crippen molar-refractivity contribution in [1.29, 1.82) is 0 Å². The molecular weight excluding hydrogens is 320 g/mol. The number of nitrogens with one attached hydrogen (secondary N) is 1. The highest BCUT2D eigenvalue weighted by Gasteiger charge is 2.18. The second-order valence-electron chi connectivity index (χ2n) is 4.87. The number of fused-ring (bicyclic) bond motifs is 1. The molecule has 0 saturated carbocycles. The summed E-state index contributed by atoms with van der Waals surface area (Å²) < 4.78 is 1.75. The van der Waals surface area contributed by atoms with Crippen molar-refractivity contribution in [2.75, 3.05) is 0 Å². The third-order valence-corrected chi connectivity index (χ3v) is 4.97. The molecule has 0 bridgehead atoms. The minimum absolute atomic E-state index is 0.162. The van der Waals surface area contributed by atoms with Crippen LogP contribution >= 0.6 is 23.6 Å². The van der Waals surface area contributed by atoms with Crippen LogP contribution in [0.3, 0.4) is 0 Å². The van der Waals surface area contributed by atoms with Crippen molar-refractivity contribution in [3.05, 3.63) is 61.5 Å². The molecular formula is C15H12N2O3S2. The molecule has 0 saturated heterocycles. The van der Waals surface area contributed by atoms with Crippen LogP contribution in [0.2, 0.25) is 0 Å². The van der Waals surface area contributed by atoms with E-state index in [1.54, 1.807) is 6.92 Å². The molecule has 0 atom stereocenters. The number of thiophene rings is 1. The zero-order valence-corrected chi connectivity index (χ0v) is 13.3. The summed E-state index contributed by atoms with van der Waals surface area (Å²) in [6, 6.07) is 9.51. The lowest BCUT2D eigenvalue weighted by atomic mass is 10.2. The van der Waals surface area contributed by atoms with E-state index in [0.717, 1.165) is 16.9 Å². The summed E-state index contributed by atoms with van der Waals surface area (Å²) in [7, 11) is 0. The quantitative estimate of drug-likeness (QED) is 0.722. The van der Waals surface area contributed by atoms with Gasteiger partial charge in [-0.2, -0.15) is 0 Å². The summed E-state index contributed by atoms with van der Waals surface area (Å²) in [6.07, 6.45) is 0. The van der Waals surface area contributed by atoms with Gasteiger partial charge in [-0.05, 0) is 30.3 Å². The predicted octanol–water partition coefficient (Wildman–Crippen LogP) is 3.18. The number of nitrogens with zero attached hydrogens (tertiary/aromatic N) is 1. The third kappa shape index (κ3) is 2.38. The first kappa shape index (κ1) is 14.7. The number of hydrogen-bond donors (Lipinski definition) is 2. The van der Waals surface area contributed by atoms with E-state index < -0.39 is 5.97 Å². The van der Waals surface area contributed by atoms with Crippen molar-refractivity contribution in [3.63, 3.8) is 0 Å². The van der Waals surface area contributed by atoms with Crippen molar-refractivity contribution in [2.45, 2.75) is 13.5 Å². The number of carbonyl (C=O) groups is 1. The largest absolute Gasteiger partial charge is 0.477 e. The summed E-state index contributed by atoms with van der Waals surface area (Å²) in [5, 5.41) is 9.59. The standard InChI is InChI=1S/C15H12N2O3S2/c1-8-10-12(22-11(8)14(19)20)16-15(21)17(13(10)18)7-9-5-3-2-4-6-9/h2-6H,7H2,1H3,(H,16,21)(H,19,20). The Morgan fingerprint density at radius 2 is 2.05 bits per heavy atom. The zero-order chi connectivity index (χ0) is 15.9. The van der Waals surface area contributed by atoms with Crippen LogP contribution in [0.4, 0.5) is 0 Å². The Morgan fingerprint density at radius 3 is 2.68 bits per heavy atom. The second-order valence-corrected chi connectivity index (χ2v) is 6.28. The van der Waals surface area contributed by atoms with Crippen LogP contribution in [-0.4, -0.2) is 20.6 Å². The third-order valence-electron chi connectivity index (χ3n) is 3.45. The number of carboxylic acid groups (broad SMARTS) is 1. The molecule has 3 rings (SSSR count). The van der Waals surface area contributed by atoms with Crippen LogP contribution in [-0.2, 0) is 6.54 Å². The van der Waals surface area contributed by atoms with E-state index in [-0.39, 0.29) is 10.4 Å². The summed E-state index contributed by atoms with van der Waals surface area (Å²) in [5.41, 5.74) is 1.17. The van der Waals surface area contributed by atoms with Crippen molar-refractivity contribution in [2.24, 2.45) is 0 Å². The Balaban J connectivity index is 2.24. The molecule has 0 fully saturated rings. The van der Waals surface area contributed by atoms with E-state index in [2.05, 4.69) is 4.98 Å². The Morgan fingerprint density at radius 1 is 1.36 bits per heavy atom. The van der Waals surface area contributed by atoms with Crippen LogP contribution in [0.1, 0.15) is 20.8 Å². The molecule has 0 aliphatic carbocycles. The number of aryl methyl sites for hydroxylation is 1. The molecule has 22 heavy (non-hydrogen) atoms. The van der Waals surface area contributed by atoms with Crippen LogP contribution in [0.25, 0.3) is 10.2 Å². The lowest BCUT2D eigenvalue weighted by Gasteiger charge is -2.06. The van der Waals surface area contributed by atoms with E-state index in [1.165, 1.54) is 4.57 Å². The highest BCUT2D eigenvalue weighted by molar-refractivity contribution is 7.71. The summed E-state index contributed by atoms with van der Waals surface area (Å²) >= 11 is 6.29. The fourth-order valence-electron chi connectivity index (χ4n) is 2.36. The fraction of sp³-hybridized carbons (Fsp3) is 0.133. The van der Waals surface area contributed by atoms with Crippen molar-refractivity contribution < 1.29 is 9.90 Å². The Bertz CT molecular complexity index is 984. The van der Waals surface area contributed by atoms with E-state index in [9.17, 15) is 14.7 Å². The maximum atomic E-state index is 12.7. The highest BCUT2D eigenvalue weighted by atomic mass is 32.1. The smallest absolute Gasteiger partial charge is 0.346 e. The van der Waals surface area contributed by atoms with E-state index in [1.807, 2.05) is 30.3 Å². The molecule has 2 N–H and O–H groups in total. The maximum Gasteiger partial charge on any atom is 0.346 e. The Kier molecular flexibility index (Phi) is 3.67. The highest BCUT2D eigenvalue weighted by Crippen LogP contribution is 2.26. The maximum absolute atomic E-state index is 12.7. The normalized spacial score (nSPS) is 11.0. The summed E-state index contributed by atoms with van der Waals surface area (Å²) in [5.74, 6) is -1.04. The van der Waals surface area contributed by atoms with Gasteiger partial charge in [-0.3, -0.25) is 9.36 Å². The first-order valence-electron chi connectivity index (χ1n) is 6.52. The van der Waals surface area contributed by atoms with Gasteiger partial charge in [0.2, 0.25) is 0 Å². The second kappa shape index (κ2) is 5.51. The molecule has 3 aromatic rings. The fourth-order valence-corrected chi connectivity index (χ4v) is 3.72. The molecule has 1 aromatic carbocycles. The van der Waals surface area contributed by atoms with Crippen molar-refractivity contribution >= 4 is 39.7 Å². The zero-order valence-electron chi connectivity index (χ0n) is 11.6. The van der Waals surface area contributed by atoms with E-state index in [0.29, 0.717) is 27.1 Å². The molecule has 0 radical (unpaired) electrons. The average molecular weight is 332 g/mol. The van der Waals surface area contributed by atoms with Crippen molar-refractivity contribution in [3.8, 4) is 0 Å². The van der Waals surface area contributed by atoms with Gasteiger partial charge in [0.1, 0.15) is 9.71 Å². The minimum Gasteiger partial charge on any atom is -0.477 e. The number of aromatic carboxylic acids is 1. The molecule has 0 aliphatic heterocycles. The van der Waals surface area contributed by atoms with Gasteiger partial charge in [0.25, 0.3) is 5.56 Å². The van der Waals surface area contributed by atoms with Gasteiger partial charge >= 0.3 is 5.97 Å². The molecule has 112 valence electrons. The number of hydrogen-bond acceptors (Lipinski definition) is 4. The number of aromatic nitrogens is 2. The number of H-pyrrole nitrogens is 1. The molecule has 0 unspecified atom stereocenters. The number of carboxylic acids is 1. The van der Waals surface area contributed by atoms with Crippen LogP contribution in [0, 0.1) is 11.7 Å². The predicted molar refractivity (Wildman–Crippen MR) is 88.5 cm³/mol. The number of rotatable bonds is 3. The van der Waals surface area contributed by atoms with Gasteiger partial charge in [0, 0.05) is 0 Å². The topological polar surface area (TPSA) is 75.1 Å². The van der Waals surface area contributed by atoms with Crippen LogP contribution < -0.4 is 5.56 Å². The van der Waals surface area contributed by atoms with E-state index >= 15 is 0 Å². The van der Waals surface area contributed by atoms with E-state index in [4.69, 9.17) is 12.2 Å². The number of benzene rings is 1. The molecule has 5 nitrogen and oxygen atoms in total. The lowest BCUT2D eigenvalue weighted by Crippen LogP contribution is -2.22. The number of aromatic amines is 1. The molecule has 7 heteroatoms. The summed E-state index contributed by atoms with van der Waals surface area (Å²) in [6.45, 7) is 2.00. The van der Waals surface area contributed by atoms with Gasteiger partial charge < -0.3 is 10.1 Å². The van der Waals surface area contributed by atoms with Gasteiger partial charge in [-0.25, -0.2) is 4.79 Å². The average Bonchev–Trinajstić information content (AvgIpc) is 2.81. The first-order chi connectivity index (χ1) is 10.5. The minimum atomic E-state index is -1.04. The Hall–Kier alpha value is -2.25. The lowest BCUT2D eigenvalue weighted by molar-refractivity contribution is 0.0701. The van der Waals surface area contributed by atoms with Gasteiger partial charge in [0.05, 0.1) is 11.9 Å². The van der Waals surface area contributed by atoms with Crippen LogP contribution in [0.5, 0.6) is 0 Å². The Labute approximate surface area is 134 Å². The van der Waals surface area contributed by atoms with Gasteiger partial charge in [0.15, 0.2) is 4.77 Å². The van der Waals surface area contributed by atoms with Crippen LogP contribution in [0.15, 0.2) is 35.1 Å². The van der Waals surface area contributed by atoms with Gasteiger partial charge in [-0.1, -0.05) is 30.3 Å². The SMILES string of the molecule is Cc1c(C(=O)O)sc2[nH]c(=S)n(Cc3ccccc3)c(=O)c12. The molecule has 0 amide bonds.